The van der Waals surface area contributed by atoms with Crippen molar-refractivity contribution in [2.24, 2.45) is 5.41 Å². The van der Waals surface area contributed by atoms with Crippen molar-refractivity contribution in [1.29, 1.82) is 0 Å². The summed E-state index contributed by atoms with van der Waals surface area (Å²) in [5.41, 5.74) is 8.59. The molecule has 1 aliphatic carbocycles. The van der Waals surface area contributed by atoms with Gasteiger partial charge in [0.05, 0.1) is 19.1 Å². The predicted molar refractivity (Wildman–Crippen MR) is 155 cm³/mol. The van der Waals surface area contributed by atoms with Crippen LogP contribution in [0.25, 0.3) is 16.7 Å². The fourth-order valence-corrected chi connectivity index (χ4v) is 5.22. The number of aromatic nitrogens is 1. The van der Waals surface area contributed by atoms with Gasteiger partial charge in [-0.25, -0.2) is 4.39 Å². The smallest absolute Gasteiger partial charge is 0.310 e. The third kappa shape index (κ3) is 7.35. The van der Waals surface area contributed by atoms with Gasteiger partial charge in [0, 0.05) is 23.4 Å². The summed E-state index contributed by atoms with van der Waals surface area (Å²) in [5, 5.41) is 0. The number of hydrogen-bond donors (Lipinski definition) is 0. The summed E-state index contributed by atoms with van der Waals surface area (Å²) in [6, 6.07) is 14.6. The lowest BCUT2D eigenvalue weighted by molar-refractivity contribution is -0.146. The SMILES string of the molecule is Cc1nc(C)c(-c2ccc(OCCc3ccc(F)cc3)cc2)c(C2=CCC(C)(C)CC2)c1CC(=O)OC(C)C. The van der Waals surface area contributed by atoms with Gasteiger partial charge < -0.3 is 9.47 Å². The van der Waals surface area contributed by atoms with Crippen molar-refractivity contribution in [2.75, 3.05) is 6.61 Å². The first kappa shape index (κ1) is 28.5. The maximum Gasteiger partial charge on any atom is 0.310 e. The Morgan fingerprint density at radius 2 is 1.69 bits per heavy atom. The molecule has 3 aromatic rings. The van der Waals surface area contributed by atoms with Gasteiger partial charge in [-0.2, -0.15) is 0 Å². The molecule has 0 bridgehead atoms. The number of pyridine rings is 1. The Kier molecular flexibility index (Phi) is 8.89. The van der Waals surface area contributed by atoms with E-state index in [9.17, 15) is 9.18 Å². The first-order valence-corrected chi connectivity index (χ1v) is 13.9. The van der Waals surface area contributed by atoms with Gasteiger partial charge in [0.1, 0.15) is 11.6 Å². The van der Waals surface area contributed by atoms with E-state index in [1.54, 1.807) is 12.1 Å². The molecular weight excluding hydrogens is 489 g/mol. The van der Waals surface area contributed by atoms with Crippen LogP contribution in [-0.2, 0) is 22.4 Å². The molecule has 5 heteroatoms. The zero-order valence-corrected chi connectivity index (χ0v) is 24.1. The van der Waals surface area contributed by atoms with Crippen molar-refractivity contribution in [2.45, 2.75) is 79.8 Å². The summed E-state index contributed by atoms with van der Waals surface area (Å²) in [7, 11) is 0. The zero-order valence-electron chi connectivity index (χ0n) is 24.1. The van der Waals surface area contributed by atoms with E-state index < -0.39 is 0 Å². The van der Waals surface area contributed by atoms with E-state index in [-0.39, 0.29) is 29.7 Å². The van der Waals surface area contributed by atoms with E-state index in [2.05, 4.69) is 32.1 Å². The van der Waals surface area contributed by atoms with E-state index in [1.807, 2.05) is 39.8 Å². The Morgan fingerprint density at radius 3 is 2.31 bits per heavy atom. The summed E-state index contributed by atoms with van der Waals surface area (Å²) in [6.07, 6.45) is 6.14. The van der Waals surface area contributed by atoms with Gasteiger partial charge in [0.15, 0.2) is 0 Å². The highest BCUT2D eigenvalue weighted by Gasteiger charge is 2.27. The van der Waals surface area contributed by atoms with Gasteiger partial charge in [0.25, 0.3) is 0 Å². The number of nitrogens with zero attached hydrogens (tertiary/aromatic N) is 1. The summed E-state index contributed by atoms with van der Waals surface area (Å²) < 4.78 is 24.7. The number of benzene rings is 2. The van der Waals surface area contributed by atoms with Gasteiger partial charge in [0.2, 0.25) is 0 Å². The molecule has 1 aliphatic rings. The average Bonchev–Trinajstić information content (AvgIpc) is 2.87. The number of allylic oxidation sites excluding steroid dienone is 2. The highest BCUT2D eigenvalue weighted by molar-refractivity contribution is 5.88. The highest BCUT2D eigenvalue weighted by atomic mass is 19.1. The molecule has 0 unspecified atom stereocenters. The predicted octanol–water partition coefficient (Wildman–Crippen LogP) is 8.21. The van der Waals surface area contributed by atoms with E-state index >= 15 is 0 Å². The van der Waals surface area contributed by atoms with Crippen molar-refractivity contribution in [3.8, 4) is 16.9 Å². The van der Waals surface area contributed by atoms with Gasteiger partial charge in [-0.15, -0.1) is 0 Å². The minimum absolute atomic E-state index is 0.163. The zero-order chi connectivity index (χ0) is 28.2. The Hall–Kier alpha value is -3.47. The third-order valence-electron chi connectivity index (χ3n) is 7.38. The molecule has 0 saturated heterocycles. The molecule has 4 rings (SSSR count). The average molecular weight is 530 g/mol. The minimum Gasteiger partial charge on any atom is -0.493 e. The molecule has 4 nitrogen and oxygen atoms in total. The van der Waals surface area contributed by atoms with Crippen LogP contribution in [0.15, 0.2) is 54.6 Å². The van der Waals surface area contributed by atoms with E-state index in [1.165, 1.54) is 17.7 Å². The molecule has 2 aromatic carbocycles. The van der Waals surface area contributed by atoms with Crippen LogP contribution in [0.5, 0.6) is 5.75 Å². The number of hydrogen-bond acceptors (Lipinski definition) is 4. The van der Waals surface area contributed by atoms with Crippen molar-refractivity contribution in [1.82, 2.24) is 4.98 Å². The Balaban J connectivity index is 1.65. The molecule has 0 amide bonds. The fraction of sp³-hybridized carbons (Fsp3) is 0.412. The maximum absolute atomic E-state index is 13.2. The quantitative estimate of drug-likeness (QED) is 0.262. The molecule has 0 atom stereocenters. The number of carbonyl (C=O) groups is 1. The van der Waals surface area contributed by atoms with Crippen molar-refractivity contribution in [3.63, 3.8) is 0 Å². The van der Waals surface area contributed by atoms with Crippen LogP contribution in [0.4, 0.5) is 4.39 Å². The third-order valence-corrected chi connectivity index (χ3v) is 7.38. The van der Waals surface area contributed by atoms with Gasteiger partial charge in [-0.05, 0) is 104 Å². The molecule has 206 valence electrons. The van der Waals surface area contributed by atoms with Crippen LogP contribution in [0.1, 0.15) is 75.0 Å². The van der Waals surface area contributed by atoms with Crippen LogP contribution in [0.2, 0.25) is 0 Å². The second-order valence-electron chi connectivity index (χ2n) is 11.6. The standard InChI is InChI=1S/C34H40FNO3/c1-22(2)39-31(37)21-30-23(3)36-24(4)32(33(30)27-15-18-34(5,6)19-16-27)26-9-13-29(14-10-26)38-20-17-25-7-11-28(35)12-8-25/h7-15,22H,16-21H2,1-6H3. The van der Waals surface area contributed by atoms with Gasteiger partial charge in [-0.3, -0.25) is 9.78 Å². The van der Waals surface area contributed by atoms with Crippen LogP contribution >= 0.6 is 0 Å². The summed E-state index contributed by atoms with van der Waals surface area (Å²) in [4.78, 5) is 17.7. The number of halogens is 1. The summed E-state index contributed by atoms with van der Waals surface area (Å²) in [5.74, 6) is 0.315. The lowest BCUT2D eigenvalue weighted by Crippen LogP contribution is -2.18. The topological polar surface area (TPSA) is 48.4 Å². The first-order valence-electron chi connectivity index (χ1n) is 13.9. The molecular formula is C34H40FNO3. The lowest BCUT2D eigenvalue weighted by atomic mass is 9.75. The lowest BCUT2D eigenvalue weighted by Gasteiger charge is -2.31. The maximum atomic E-state index is 13.2. The summed E-state index contributed by atoms with van der Waals surface area (Å²) >= 11 is 0. The monoisotopic (exact) mass is 529 g/mol. The molecule has 0 spiro atoms. The number of ether oxygens (including phenoxy) is 2. The number of esters is 1. The molecule has 0 aliphatic heterocycles. The largest absolute Gasteiger partial charge is 0.493 e. The molecule has 0 fully saturated rings. The van der Waals surface area contributed by atoms with E-state index in [0.29, 0.717) is 13.0 Å². The number of aryl methyl sites for hydroxylation is 2. The molecule has 1 heterocycles. The number of rotatable bonds is 9. The Labute approximate surface area is 232 Å². The van der Waals surface area contributed by atoms with Crippen LogP contribution in [-0.4, -0.2) is 23.7 Å². The molecule has 1 aromatic heterocycles. The highest BCUT2D eigenvalue weighted by Crippen LogP contribution is 2.43. The van der Waals surface area contributed by atoms with Crippen molar-refractivity contribution in [3.05, 3.63) is 88.5 Å². The fourth-order valence-electron chi connectivity index (χ4n) is 5.22. The van der Waals surface area contributed by atoms with Crippen LogP contribution < -0.4 is 4.74 Å². The molecule has 0 saturated carbocycles. The normalized spacial score (nSPS) is 14.7. The van der Waals surface area contributed by atoms with Gasteiger partial charge in [-0.1, -0.05) is 44.2 Å². The minimum atomic E-state index is -0.233. The number of carbonyl (C=O) groups excluding carboxylic acids is 1. The van der Waals surface area contributed by atoms with E-state index in [0.717, 1.165) is 64.2 Å². The first-order chi connectivity index (χ1) is 18.5. The Bertz CT molecular complexity index is 1340. The second kappa shape index (κ2) is 12.1. The van der Waals surface area contributed by atoms with E-state index in [4.69, 9.17) is 14.5 Å². The summed E-state index contributed by atoms with van der Waals surface area (Å²) in [6.45, 7) is 12.9. The van der Waals surface area contributed by atoms with Crippen molar-refractivity contribution >= 4 is 11.5 Å². The Morgan fingerprint density at radius 1 is 1.00 bits per heavy atom. The molecule has 39 heavy (non-hydrogen) atoms. The second-order valence-corrected chi connectivity index (χ2v) is 11.6. The molecule has 0 N–H and O–H groups in total. The van der Waals surface area contributed by atoms with Crippen LogP contribution in [0, 0.1) is 25.1 Å². The van der Waals surface area contributed by atoms with Gasteiger partial charge >= 0.3 is 5.97 Å². The van der Waals surface area contributed by atoms with Crippen molar-refractivity contribution < 1.29 is 18.7 Å². The molecule has 0 radical (unpaired) electrons. The van der Waals surface area contributed by atoms with Crippen LogP contribution in [0.3, 0.4) is 0 Å².